The van der Waals surface area contributed by atoms with E-state index in [0.29, 0.717) is 0 Å². The number of benzene rings is 1. The second-order valence-electron chi connectivity index (χ2n) is 3.30. The Balaban J connectivity index is 2.49. The fourth-order valence-electron chi connectivity index (χ4n) is 1.63. The van der Waals surface area contributed by atoms with Crippen LogP contribution in [-0.4, -0.2) is 6.54 Å². The highest BCUT2D eigenvalue weighted by atomic mass is 19.1. The number of rotatable bonds is 0. The van der Waals surface area contributed by atoms with Gasteiger partial charge in [-0.25, -0.2) is 4.39 Å². The number of fused-ring (bicyclic) bond motifs is 1. The molecule has 1 aromatic rings. The van der Waals surface area contributed by atoms with Crippen molar-refractivity contribution in [3.05, 3.63) is 34.6 Å². The second kappa shape index (κ2) is 2.87. The molecule has 0 amide bonds. The molecule has 1 aliphatic heterocycles. The molecule has 0 saturated heterocycles. The Morgan fingerprint density at radius 3 is 3.00 bits per heavy atom. The van der Waals surface area contributed by atoms with Crippen LogP contribution in [0.2, 0.25) is 0 Å². The molecule has 0 fully saturated rings. The number of halogens is 1. The van der Waals surface area contributed by atoms with Crippen molar-refractivity contribution in [3.63, 3.8) is 0 Å². The maximum absolute atomic E-state index is 13.1. The van der Waals surface area contributed by atoms with Gasteiger partial charge in [0.15, 0.2) is 0 Å². The summed E-state index contributed by atoms with van der Waals surface area (Å²) in [4.78, 5) is 0. The summed E-state index contributed by atoms with van der Waals surface area (Å²) in [7, 11) is 0. The van der Waals surface area contributed by atoms with Crippen LogP contribution >= 0.6 is 0 Å². The molecule has 0 bridgehead atoms. The maximum Gasteiger partial charge on any atom is 0.126 e. The second-order valence-corrected chi connectivity index (χ2v) is 3.30. The molecule has 0 aromatic heterocycles. The van der Waals surface area contributed by atoms with Crippen molar-refractivity contribution < 1.29 is 4.39 Å². The molecule has 2 rings (SSSR count). The summed E-state index contributed by atoms with van der Waals surface area (Å²) < 4.78 is 13.1. The Morgan fingerprint density at radius 1 is 1.33 bits per heavy atom. The third-order valence-corrected chi connectivity index (χ3v) is 2.37. The molecule has 64 valence electrons. The van der Waals surface area contributed by atoms with E-state index in [1.165, 1.54) is 5.56 Å². The van der Waals surface area contributed by atoms with E-state index in [2.05, 4.69) is 5.32 Å². The minimum atomic E-state index is -0.0857. The molecule has 0 spiro atoms. The van der Waals surface area contributed by atoms with Gasteiger partial charge in [0.2, 0.25) is 0 Å². The van der Waals surface area contributed by atoms with Crippen LogP contribution in [0.1, 0.15) is 16.7 Å². The van der Waals surface area contributed by atoms with Crippen LogP contribution in [0.4, 0.5) is 4.39 Å². The monoisotopic (exact) mass is 165 g/mol. The SMILES string of the molecule is Cc1cc2c(cc1F)CNCC2. The van der Waals surface area contributed by atoms with Gasteiger partial charge in [-0.1, -0.05) is 6.07 Å². The predicted molar refractivity (Wildman–Crippen MR) is 46.5 cm³/mol. The van der Waals surface area contributed by atoms with E-state index in [-0.39, 0.29) is 5.82 Å². The summed E-state index contributed by atoms with van der Waals surface area (Å²) >= 11 is 0. The quantitative estimate of drug-likeness (QED) is 0.618. The smallest absolute Gasteiger partial charge is 0.126 e. The molecular formula is C10H12FN. The summed E-state index contributed by atoms with van der Waals surface area (Å²) in [6.45, 7) is 3.64. The van der Waals surface area contributed by atoms with Gasteiger partial charge in [-0.15, -0.1) is 0 Å². The van der Waals surface area contributed by atoms with Crippen LogP contribution in [0.25, 0.3) is 0 Å². The van der Waals surface area contributed by atoms with Crippen LogP contribution in [0.15, 0.2) is 12.1 Å². The van der Waals surface area contributed by atoms with E-state index in [9.17, 15) is 4.39 Å². The first-order valence-corrected chi connectivity index (χ1v) is 4.26. The maximum atomic E-state index is 13.1. The van der Waals surface area contributed by atoms with Crippen LogP contribution < -0.4 is 5.32 Å². The molecule has 1 aromatic carbocycles. The number of hydrogen-bond acceptors (Lipinski definition) is 1. The zero-order valence-corrected chi connectivity index (χ0v) is 7.15. The van der Waals surface area contributed by atoms with Crippen molar-refractivity contribution >= 4 is 0 Å². The highest BCUT2D eigenvalue weighted by molar-refractivity contribution is 5.34. The Hall–Kier alpha value is -0.890. The first-order valence-electron chi connectivity index (χ1n) is 4.26. The summed E-state index contributed by atoms with van der Waals surface area (Å²) in [6, 6.07) is 3.61. The molecule has 2 heteroatoms. The predicted octanol–water partition coefficient (Wildman–Crippen LogP) is 1.78. The lowest BCUT2D eigenvalue weighted by Crippen LogP contribution is -2.23. The van der Waals surface area contributed by atoms with Crippen LogP contribution in [0, 0.1) is 12.7 Å². The first-order chi connectivity index (χ1) is 5.77. The van der Waals surface area contributed by atoms with Crippen LogP contribution in [-0.2, 0) is 13.0 Å². The molecule has 0 radical (unpaired) electrons. The lowest BCUT2D eigenvalue weighted by atomic mass is 9.98. The third kappa shape index (κ3) is 1.23. The van der Waals surface area contributed by atoms with E-state index < -0.39 is 0 Å². The van der Waals surface area contributed by atoms with Crippen molar-refractivity contribution in [1.82, 2.24) is 5.32 Å². The number of nitrogens with one attached hydrogen (secondary N) is 1. The lowest BCUT2D eigenvalue weighted by Gasteiger charge is -2.17. The van der Waals surface area contributed by atoms with Gasteiger partial charge in [0.1, 0.15) is 5.82 Å². The van der Waals surface area contributed by atoms with Gasteiger partial charge in [0.25, 0.3) is 0 Å². The van der Waals surface area contributed by atoms with Gasteiger partial charge in [-0.05, 0) is 42.6 Å². The highest BCUT2D eigenvalue weighted by Gasteiger charge is 2.10. The summed E-state index contributed by atoms with van der Waals surface area (Å²) in [5, 5.41) is 3.22. The average Bonchev–Trinajstić information content (AvgIpc) is 2.07. The fourth-order valence-corrected chi connectivity index (χ4v) is 1.63. The van der Waals surface area contributed by atoms with E-state index in [1.807, 2.05) is 13.0 Å². The standard InChI is InChI=1S/C10H12FN/c1-7-4-8-2-3-12-6-9(8)5-10(7)11/h4-5,12H,2-3,6H2,1H3. The summed E-state index contributed by atoms with van der Waals surface area (Å²) in [6.07, 6.45) is 1.02. The Morgan fingerprint density at radius 2 is 2.17 bits per heavy atom. The molecule has 1 nitrogen and oxygen atoms in total. The Labute approximate surface area is 71.6 Å². The zero-order chi connectivity index (χ0) is 8.55. The molecule has 12 heavy (non-hydrogen) atoms. The van der Waals surface area contributed by atoms with E-state index in [0.717, 1.165) is 30.6 Å². The van der Waals surface area contributed by atoms with Crippen molar-refractivity contribution in [3.8, 4) is 0 Å². The lowest BCUT2D eigenvalue weighted by molar-refractivity contribution is 0.597. The molecule has 0 unspecified atom stereocenters. The van der Waals surface area contributed by atoms with Crippen LogP contribution in [0.5, 0.6) is 0 Å². The molecule has 1 heterocycles. The van der Waals surface area contributed by atoms with Gasteiger partial charge in [0, 0.05) is 6.54 Å². The van der Waals surface area contributed by atoms with Gasteiger partial charge < -0.3 is 5.32 Å². The minimum absolute atomic E-state index is 0.0857. The van der Waals surface area contributed by atoms with Gasteiger partial charge in [-0.3, -0.25) is 0 Å². The summed E-state index contributed by atoms with van der Waals surface area (Å²) in [5.74, 6) is -0.0857. The molecule has 0 saturated carbocycles. The van der Waals surface area contributed by atoms with Crippen molar-refractivity contribution in [2.75, 3.05) is 6.54 Å². The normalized spacial score (nSPS) is 15.8. The molecule has 0 aliphatic carbocycles. The highest BCUT2D eigenvalue weighted by Crippen LogP contribution is 2.18. The van der Waals surface area contributed by atoms with Crippen molar-refractivity contribution in [2.24, 2.45) is 0 Å². The largest absolute Gasteiger partial charge is 0.312 e. The Bertz CT molecular complexity index is 276. The molecule has 1 N–H and O–H groups in total. The van der Waals surface area contributed by atoms with E-state index in [4.69, 9.17) is 0 Å². The number of hydrogen-bond donors (Lipinski definition) is 1. The molecule has 0 atom stereocenters. The van der Waals surface area contributed by atoms with Crippen molar-refractivity contribution in [2.45, 2.75) is 19.9 Å². The van der Waals surface area contributed by atoms with Gasteiger partial charge in [0.05, 0.1) is 0 Å². The fraction of sp³-hybridized carbons (Fsp3) is 0.400. The average molecular weight is 165 g/mol. The topological polar surface area (TPSA) is 12.0 Å². The molecule has 1 aliphatic rings. The third-order valence-electron chi connectivity index (χ3n) is 2.37. The van der Waals surface area contributed by atoms with Gasteiger partial charge in [-0.2, -0.15) is 0 Å². The van der Waals surface area contributed by atoms with Crippen molar-refractivity contribution in [1.29, 1.82) is 0 Å². The zero-order valence-electron chi connectivity index (χ0n) is 7.15. The van der Waals surface area contributed by atoms with Crippen LogP contribution in [0.3, 0.4) is 0 Å². The number of aryl methyl sites for hydroxylation is 1. The van der Waals surface area contributed by atoms with E-state index in [1.54, 1.807) is 6.07 Å². The first kappa shape index (κ1) is 7.74. The van der Waals surface area contributed by atoms with Gasteiger partial charge >= 0.3 is 0 Å². The summed E-state index contributed by atoms with van der Waals surface area (Å²) in [5.41, 5.74) is 3.17. The molecular weight excluding hydrogens is 153 g/mol. The van der Waals surface area contributed by atoms with E-state index >= 15 is 0 Å². The Kier molecular flexibility index (Phi) is 1.85. The minimum Gasteiger partial charge on any atom is -0.312 e.